The van der Waals surface area contributed by atoms with Crippen LogP contribution in [0.25, 0.3) is 0 Å². The lowest BCUT2D eigenvalue weighted by Gasteiger charge is -2.24. The number of amides is 1. The highest BCUT2D eigenvalue weighted by atomic mass is 35.5. The number of unbranched alkanes of at least 4 members (excludes halogenated alkanes) is 1. The topological polar surface area (TPSA) is 101 Å². The number of nitrogens with one attached hydrogen (secondary N) is 1. The third-order valence-electron chi connectivity index (χ3n) is 4.76. The first-order valence-electron chi connectivity index (χ1n) is 9.76. The Morgan fingerprint density at radius 1 is 1.10 bits per heavy atom. The molecule has 0 aliphatic carbocycles. The lowest BCUT2D eigenvalue weighted by Crippen LogP contribution is -2.41. The van der Waals surface area contributed by atoms with E-state index in [9.17, 15) is 14.4 Å². The van der Waals surface area contributed by atoms with Gasteiger partial charge in [0.05, 0.1) is 6.54 Å². The van der Waals surface area contributed by atoms with Crippen molar-refractivity contribution >= 4 is 40.6 Å². The zero-order valence-electron chi connectivity index (χ0n) is 16.9. The number of rotatable bonds is 7. The van der Waals surface area contributed by atoms with Crippen LogP contribution >= 0.6 is 23.2 Å². The van der Waals surface area contributed by atoms with Gasteiger partial charge in [-0.2, -0.15) is 0 Å². The van der Waals surface area contributed by atoms with Gasteiger partial charge in [-0.1, -0.05) is 66.9 Å². The minimum atomic E-state index is -0.732. The third-order valence-corrected chi connectivity index (χ3v) is 5.19. The summed E-state index contributed by atoms with van der Waals surface area (Å²) in [5, 5.41) is 0.587. The zero-order valence-corrected chi connectivity index (χ0v) is 18.4. The van der Waals surface area contributed by atoms with Gasteiger partial charge in [-0.15, -0.1) is 0 Å². The lowest BCUT2D eigenvalue weighted by molar-refractivity contribution is 0.0986. The van der Waals surface area contributed by atoms with Crippen LogP contribution in [0.3, 0.4) is 0 Å². The highest BCUT2D eigenvalue weighted by Gasteiger charge is 2.25. The number of aromatic nitrogens is 2. The van der Waals surface area contributed by atoms with Gasteiger partial charge in [0.25, 0.3) is 11.5 Å². The van der Waals surface area contributed by atoms with Gasteiger partial charge in [-0.05, 0) is 30.2 Å². The molecule has 162 valence electrons. The van der Waals surface area contributed by atoms with Gasteiger partial charge in [-0.3, -0.25) is 19.1 Å². The van der Waals surface area contributed by atoms with Crippen molar-refractivity contribution in [2.24, 2.45) is 0 Å². The van der Waals surface area contributed by atoms with Crippen molar-refractivity contribution in [3.05, 3.63) is 90.5 Å². The molecule has 0 bridgehead atoms. The number of halogens is 2. The Hall–Kier alpha value is -3.03. The van der Waals surface area contributed by atoms with E-state index in [-0.39, 0.29) is 30.2 Å². The maximum atomic E-state index is 13.3. The van der Waals surface area contributed by atoms with Crippen molar-refractivity contribution in [3.8, 4) is 0 Å². The zero-order chi connectivity index (χ0) is 22.5. The molecule has 0 saturated heterocycles. The van der Waals surface area contributed by atoms with E-state index in [4.69, 9.17) is 28.9 Å². The van der Waals surface area contributed by atoms with Gasteiger partial charge in [0, 0.05) is 22.2 Å². The van der Waals surface area contributed by atoms with Crippen LogP contribution in [0.5, 0.6) is 0 Å². The molecule has 3 aromatic rings. The number of H-pyrrole nitrogens is 1. The molecule has 31 heavy (non-hydrogen) atoms. The molecule has 3 rings (SSSR count). The van der Waals surface area contributed by atoms with E-state index in [0.29, 0.717) is 16.5 Å². The van der Waals surface area contributed by atoms with E-state index in [2.05, 4.69) is 4.98 Å². The summed E-state index contributed by atoms with van der Waals surface area (Å²) < 4.78 is 1.24. The molecule has 9 heteroatoms. The summed E-state index contributed by atoms with van der Waals surface area (Å²) in [7, 11) is 0. The van der Waals surface area contributed by atoms with Crippen LogP contribution in [-0.4, -0.2) is 22.0 Å². The van der Waals surface area contributed by atoms with Crippen molar-refractivity contribution in [1.29, 1.82) is 0 Å². The quantitative estimate of drug-likeness (QED) is 0.557. The number of aromatic amines is 1. The molecule has 2 aromatic carbocycles. The molecule has 0 spiro atoms. The van der Waals surface area contributed by atoms with E-state index < -0.39 is 17.2 Å². The van der Waals surface area contributed by atoms with Gasteiger partial charge in [0.15, 0.2) is 5.69 Å². The summed E-state index contributed by atoms with van der Waals surface area (Å²) in [6.07, 6.45) is 1.40. The smallest absolute Gasteiger partial charge is 0.330 e. The summed E-state index contributed by atoms with van der Waals surface area (Å²) in [5.41, 5.74) is 5.86. The van der Waals surface area contributed by atoms with Gasteiger partial charge in [-0.25, -0.2) is 4.79 Å². The maximum Gasteiger partial charge on any atom is 0.330 e. The van der Waals surface area contributed by atoms with E-state index >= 15 is 0 Å². The second-order valence-electron chi connectivity index (χ2n) is 7.03. The van der Waals surface area contributed by atoms with Crippen LogP contribution in [0.4, 0.5) is 11.5 Å². The summed E-state index contributed by atoms with van der Waals surface area (Å²) in [6, 6.07) is 13.7. The Morgan fingerprint density at radius 3 is 2.35 bits per heavy atom. The summed E-state index contributed by atoms with van der Waals surface area (Å²) in [5.74, 6) is -0.574. The predicted octanol–water partition coefficient (Wildman–Crippen LogP) is 3.92. The molecule has 7 nitrogen and oxygen atoms in total. The number of hydrogen-bond acceptors (Lipinski definition) is 4. The highest BCUT2D eigenvalue weighted by molar-refractivity contribution is 6.35. The third kappa shape index (κ3) is 5.18. The fraction of sp³-hybridized carbons (Fsp3) is 0.227. The van der Waals surface area contributed by atoms with Crippen LogP contribution in [-0.2, 0) is 6.54 Å². The molecule has 3 N–H and O–H groups in total. The Bertz CT molecular complexity index is 1190. The number of nitrogens with zero attached hydrogens (tertiary/aromatic N) is 2. The Kier molecular flexibility index (Phi) is 7.20. The van der Waals surface area contributed by atoms with Gasteiger partial charge in [0.2, 0.25) is 0 Å². The lowest BCUT2D eigenvalue weighted by atomic mass is 10.1. The van der Waals surface area contributed by atoms with Crippen molar-refractivity contribution in [3.63, 3.8) is 0 Å². The first-order chi connectivity index (χ1) is 14.8. The molecule has 0 radical (unpaired) electrons. The molecular formula is C22H22Cl2N4O3. The van der Waals surface area contributed by atoms with E-state index in [1.54, 1.807) is 0 Å². The van der Waals surface area contributed by atoms with E-state index in [1.807, 2.05) is 37.3 Å². The number of carbonyl (C=O) groups excluding carboxylic acids is 1. The average Bonchev–Trinajstić information content (AvgIpc) is 2.73. The molecule has 1 aromatic heterocycles. The minimum absolute atomic E-state index is 0.0786. The molecular weight excluding hydrogens is 439 g/mol. The molecule has 0 atom stereocenters. The maximum absolute atomic E-state index is 13.3. The van der Waals surface area contributed by atoms with Crippen LogP contribution < -0.4 is 21.9 Å². The van der Waals surface area contributed by atoms with Crippen LogP contribution in [0, 0.1) is 0 Å². The van der Waals surface area contributed by atoms with E-state index in [0.717, 1.165) is 12.0 Å². The molecule has 1 heterocycles. The average molecular weight is 461 g/mol. The predicted molar refractivity (Wildman–Crippen MR) is 124 cm³/mol. The van der Waals surface area contributed by atoms with Crippen LogP contribution in [0.1, 0.15) is 35.7 Å². The summed E-state index contributed by atoms with van der Waals surface area (Å²) >= 11 is 12.1. The van der Waals surface area contributed by atoms with Crippen molar-refractivity contribution in [2.45, 2.75) is 26.3 Å². The minimum Gasteiger partial charge on any atom is -0.383 e. The number of nitrogen functional groups attached to an aromatic ring is 1. The number of anilines is 2. The van der Waals surface area contributed by atoms with Gasteiger partial charge in [0.1, 0.15) is 5.82 Å². The van der Waals surface area contributed by atoms with Crippen molar-refractivity contribution < 1.29 is 4.79 Å². The van der Waals surface area contributed by atoms with Crippen molar-refractivity contribution in [2.75, 3.05) is 17.2 Å². The van der Waals surface area contributed by atoms with Crippen molar-refractivity contribution in [1.82, 2.24) is 9.55 Å². The highest BCUT2D eigenvalue weighted by Crippen LogP contribution is 2.24. The second kappa shape index (κ2) is 9.85. The first-order valence-corrected chi connectivity index (χ1v) is 10.5. The Morgan fingerprint density at radius 2 is 1.74 bits per heavy atom. The molecule has 1 amide bonds. The standard InChI is InChI=1S/C22H22Cl2N4O3/c1-2-3-9-27(21(30)15-10-16(23)12-17(24)11-15)18-19(25)28(22(31)26-20(18)29)13-14-7-5-4-6-8-14/h4-8,10-12H,2-3,9,13,25H2,1H3,(H,26,29,31). The van der Waals surface area contributed by atoms with Gasteiger partial charge < -0.3 is 10.6 Å². The number of carbonyl (C=O) groups is 1. The second-order valence-corrected chi connectivity index (χ2v) is 7.91. The Labute approximate surface area is 189 Å². The first kappa shape index (κ1) is 22.7. The number of benzene rings is 2. The largest absolute Gasteiger partial charge is 0.383 e. The molecule has 0 fully saturated rings. The molecule has 0 saturated carbocycles. The SMILES string of the molecule is CCCCN(C(=O)c1cc(Cl)cc(Cl)c1)c1c(N)n(Cc2ccccc2)c(=O)[nH]c1=O. The van der Waals surface area contributed by atoms with E-state index in [1.165, 1.54) is 27.7 Å². The summed E-state index contributed by atoms with van der Waals surface area (Å²) in [4.78, 5) is 42.1. The number of nitrogens with two attached hydrogens (primary N) is 1. The Balaban J connectivity index is 2.12. The molecule has 0 unspecified atom stereocenters. The molecule has 0 aliphatic heterocycles. The fourth-order valence-corrected chi connectivity index (χ4v) is 3.75. The normalized spacial score (nSPS) is 10.8. The monoisotopic (exact) mass is 460 g/mol. The number of hydrogen-bond donors (Lipinski definition) is 2. The summed E-state index contributed by atoms with van der Waals surface area (Å²) in [6.45, 7) is 2.34. The van der Waals surface area contributed by atoms with Crippen LogP contribution in [0.2, 0.25) is 10.0 Å². The van der Waals surface area contributed by atoms with Gasteiger partial charge >= 0.3 is 5.69 Å². The van der Waals surface area contributed by atoms with Crippen LogP contribution in [0.15, 0.2) is 58.1 Å². The fourth-order valence-electron chi connectivity index (χ4n) is 3.23. The molecule has 0 aliphatic rings.